The molecule has 6 rings (SSSR count). The number of nitrogens with one attached hydrogen (secondary N) is 1. The topological polar surface area (TPSA) is 93.3 Å². The van der Waals surface area contributed by atoms with Crippen LogP contribution < -0.4 is 10.3 Å². The van der Waals surface area contributed by atoms with Gasteiger partial charge in [0.25, 0.3) is 5.56 Å². The highest BCUT2D eigenvalue weighted by Gasteiger charge is 2.23. The van der Waals surface area contributed by atoms with Crippen molar-refractivity contribution in [2.75, 3.05) is 0 Å². The van der Waals surface area contributed by atoms with E-state index in [0.717, 1.165) is 35.5 Å². The minimum absolute atomic E-state index is 0.136. The molecule has 7 nitrogen and oxygen atoms in total. The van der Waals surface area contributed by atoms with Gasteiger partial charge in [-0.25, -0.2) is 9.37 Å². The third-order valence-electron chi connectivity index (χ3n) is 7.61. The van der Waals surface area contributed by atoms with Crippen LogP contribution >= 0.6 is 0 Å². The van der Waals surface area contributed by atoms with Gasteiger partial charge < -0.3 is 23.8 Å². The third-order valence-corrected chi connectivity index (χ3v) is 7.61. The lowest BCUT2D eigenvalue weighted by Crippen LogP contribution is -2.15. The Labute approximate surface area is 224 Å². The average Bonchev–Trinajstić information content (AvgIpc) is 3.69. The first-order valence-corrected chi connectivity index (χ1v) is 13.2. The van der Waals surface area contributed by atoms with Crippen molar-refractivity contribution in [1.29, 1.82) is 0 Å². The van der Waals surface area contributed by atoms with Gasteiger partial charge in [0.05, 0.1) is 30.1 Å². The number of aromatic nitrogens is 3. The van der Waals surface area contributed by atoms with Crippen LogP contribution in [0.5, 0.6) is 11.5 Å². The molecule has 5 aromatic rings. The Morgan fingerprint density at radius 1 is 1.13 bits per heavy atom. The number of H-pyrrole nitrogens is 1. The van der Waals surface area contributed by atoms with Gasteiger partial charge in [0.15, 0.2) is 11.3 Å². The van der Waals surface area contributed by atoms with Gasteiger partial charge in [0.1, 0.15) is 23.2 Å². The zero-order chi connectivity index (χ0) is 27.3. The van der Waals surface area contributed by atoms with Gasteiger partial charge in [-0.2, -0.15) is 0 Å². The van der Waals surface area contributed by atoms with Crippen LogP contribution in [0.15, 0.2) is 58.0 Å². The number of rotatable bonds is 6. The summed E-state index contributed by atoms with van der Waals surface area (Å²) in [5.74, 6) is 2.41. The van der Waals surface area contributed by atoms with E-state index in [1.165, 1.54) is 29.5 Å². The average molecular weight is 528 g/mol. The van der Waals surface area contributed by atoms with Crippen LogP contribution in [0.2, 0.25) is 0 Å². The number of imidazole rings is 1. The second-order valence-electron chi connectivity index (χ2n) is 10.4. The molecular weight excluding hydrogens is 497 g/mol. The minimum Gasteiger partial charge on any atom is -0.452 e. The monoisotopic (exact) mass is 527 g/mol. The standard InChI is InChI=1S/C31H30FN3O4/c1-17-10-21(32)11-18(2)28(17)39-27-15-35(3)31(37)24-13-26(38-29(24)27)23-12-19(16-36)8-9-22(23)25-14-33-30(34-25)20-6-4-5-7-20/h8-15,20,36H,4-7,16H2,1-3H3,(H,33,34). The number of nitrogens with zero attached hydrogens (tertiary/aromatic N) is 2. The molecule has 3 heterocycles. The van der Waals surface area contributed by atoms with Crippen LogP contribution in [-0.4, -0.2) is 19.6 Å². The zero-order valence-corrected chi connectivity index (χ0v) is 22.2. The first-order valence-electron chi connectivity index (χ1n) is 13.2. The second kappa shape index (κ2) is 9.85. The van der Waals surface area contributed by atoms with E-state index in [0.29, 0.717) is 50.8 Å². The molecule has 0 unspecified atom stereocenters. The summed E-state index contributed by atoms with van der Waals surface area (Å²) in [5, 5.41) is 10.2. The summed E-state index contributed by atoms with van der Waals surface area (Å²) < 4.78 is 27.9. The van der Waals surface area contributed by atoms with Crippen molar-refractivity contribution >= 4 is 11.0 Å². The van der Waals surface area contributed by atoms with E-state index in [1.807, 2.05) is 24.4 Å². The van der Waals surface area contributed by atoms with Crippen LogP contribution in [0.25, 0.3) is 33.6 Å². The fourth-order valence-electron chi connectivity index (χ4n) is 5.60. The number of ether oxygens (including phenoxy) is 1. The Bertz CT molecular complexity index is 1730. The molecule has 0 atom stereocenters. The van der Waals surface area contributed by atoms with E-state index >= 15 is 0 Å². The zero-order valence-electron chi connectivity index (χ0n) is 22.2. The number of halogens is 1. The normalized spacial score (nSPS) is 14.0. The predicted molar refractivity (Wildman–Crippen MR) is 148 cm³/mol. The highest BCUT2D eigenvalue weighted by Crippen LogP contribution is 2.40. The van der Waals surface area contributed by atoms with Crippen molar-refractivity contribution in [3.05, 3.63) is 87.5 Å². The van der Waals surface area contributed by atoms with Crippen molar-refractivity contribution in [1.82, 2.24) is 14.5 Å². The molecule has 0 bridgehead atoms. The Kier molecular flexibility index (Phi) is 6.35. The quantitative estimate of drug-likeness (QED) is 0.251. The first-order chi connectivity index (χ1) is 18.8. The summed E-state index contributed by atoms with van der Waals surface area (Å²) in [6.07, 6.45) is 8.10. The number of furan rings is 1. The number of hydrogen-bond acceptors (Lipinski definition) is 5. The number of aromatic amines is 1. The molecule has 0 saturated heterocycles. The summed E-state index contributed by atoms with van der Waals surface area (Å²) in [7, 11) is 1.65. The maximum absolute atomic E-state index is 13.9. The van der Waals surface area contributed by atoms with Crippen LogP contribution in [0.4, 0.5) is 4.39 Å². The molecule has 1 fully saturated rings. The number of aliphatic hydroxyl groups is 1. The molecule has 3 aromatic heterocycles. The van der Waals surface area contributed by atoms with Crippen LogP contribution in [0, 0.1) is 19.7 Å². The van der Waals surface area contributed by atoms with Gasteiger partial charge in [0, 0.05) is 24.1 Å². The fourth-order valence-corrected chi connectivity index (χ4v) is 5.60. The third kappa shape index (κ3) is 4.55. The van der Waals surface area contributed by atoms with E-state index in [1.54, 1.807) is 33.2 Å². The molecule has 200 valence electrons. The molecule has 1 aliphatic carbocycles. The SMILES string of the molecule is Cc1cc(F)cc(C)c1Oc1cn(C)c(=O)c2cc(-c3cc(CO)ccc3-c3cnc(C4CCCC4)[nH]3)oc12. The summed E-state index contributed by atoms with van der Waals surface area (Å²) in [6.45, 7) is 3.41. The van der Waals surface area contributed by atoms with Gasteiger partial charge in [0.2, 0.25) is 0 Å². The van der Waals surface area contributed by atoms with Crippen molar-refractivity contribution in [2.45, 2.75) is 52.1 Å². The van der Waals surface area contributed by atoms with Gasteiger partial charge in [-0.05, 0) is 67.6 Å². The molecule has 0 spiro atoms. The van der Waals surface area contributed by atoms with E-state index in [9.17, 15) is 14.3 Å². The molecule has 39 heavy (non-hydrogen) atoms. The number of pyridine rings is 1. The van der Waals surface area contributed by atoms with E-state index in [4.69, 9.17) is 9.15 Å². The Hall–Kier alpha value is -4.17. The summed E-state index contributed by atoms with van der Waals surface area (Å²) in [6, 6.07) is 10.2. The Balaban J connectivity index is 1.49. The summed E-state index contributed by atoms with van der Waals surface area (Å²) in [5.41, 5.74) is 4.48. The van der Waals surface area contributed by atoms with Gasteiger partial charge in [-0.1, -0.05) is 25.0 Å². The minimum atomic E-state index is -0.338. The number of hydrogen-bond donors (Lipinski definition) is 2. The maximum atomic E-state index is 13.9. The highest BCUT2D eigenvalue weighted by molar-refractivity contribution is 5.90. The Morgan fingerprint density at radius 3 is 2.59 bits per heavy atom. The number of aryl methyl sites for hydroxylation is 3. The molecule has 1 saturated carbocycles. The van der Waals surface area contributed by atoms with Crippen molar-refractivity contribution in [3.63, 3.8) is 0 Å². The molecule has 2 aromatic carbocycles. The molecule has 1 aliphatic rings. The molecule has 0 radical (unpaired) electrons. The summed E-state index contributed by atoms with van der Waals surface area (Å²) >= 11 is 0. The highest BCUT2D eigenvalue weighted by atomic mass is 19.1. The number of benzene rings is 2. The van der Waals surface area contributed by atoms with Gasteiger partial charge >= 0.3 is 0 Å². The Morgan fingerprint density at radius 2 is 1.87 bits per heavy atom. The lowest BCUT2D eigenvalue weighted by molar-refractivity contribution is 0.282. The lowest BCUT2D eigenvalue weighted by Gasteiger charge is -2.13. The first kappa shape index (κ1) is 25.1. The second-order valence-corrected chi connectivity index (χ2v) is 10.4. The van der Waals surface area contributed by atoms with E-state index in [2.05, 4.69) is 9.97 Å². The largest absolute Gasteiger partial charge is 0.452 e. The summed E-state index contributed by atoms with van der Waals surface area (Å²) in [4.78, 5) is 21.3. The van der Waals surface area contributed by atoms with Crippen LogP contribution in [0.1, 0.15) is 54.1 Å². The van der Waals surface area contributed by atoms with Crippen LogP contribution in [-0.2, 0) is 13.7 Å². The molecule has 2 N–H and O–H groups in total. The van der Waals surface area contributed by atoms with E-state index in [-0.39, 0.29) is 18.0 Å². The smallest absolute Gasteiger partial charge is 0.261 e. The fraction of sp³-hybridized carbons (Fsp3) is 0.290. The van der Waals surface area contributed by atoms with Crippen molar-refractivity contribution < 1.29 is 18.7 Å². The number of fused-ring (bicyclic) bond motifs is 1. The predicted octanol–water partition coefficient (Wildman–Crippen LogP) is 6.89. The van der Waals surface area contributed by atoms with Crippen LogP contribution in [0.3, 0.4) is 0 Å². The van der Waals surface area contributed by atoms with E-state index < -0.39 is 0 Å². The number of aliphatic hydroxyl groups excluding tert-OH is 1. The molecule has 0 aliphatic heterocycles. The van der Waals surface area contributed by atoms with Gasteiger partial charge in [-0.15, -0.1) is 0 Å². The molecule has 0 amide bonds. The van der Waals surface area contributed by atoms with Crippen molar-refractivity contribution in [3.8, 4) is 34.1 Å². The molecular formula is C31H30FN3O4. The molecule has 8 heteroatoms. The van der Waals surface area contributed by atoms with Crippen molar-refractivity contribution in [2.24, 2.45) is 7.05 Å². The lowest BCUT2D eigenvalue weighted by atomic mass is 10.00. The van der Waals surface area contributed by atoms with Gasteiger partial charge in [-0.3, -0.25) is 4.79 Å². The maximum Gasteiger partial charge on any atom is 0.261 e.